The number of nitrogens with one attached hydrogen (secondary N) is 1. The lowest BCUT2D eigenvalue weighted by molar-refractivity contribution is -0.146. The average molecular weight is 408 g/mol. The van der Waals surface area contributed by atoms with Gasteiger partial charge in [-0.2, -0.15) is 0 Å². The number of rotatable bonds is 5. The molecule has 0 saturated heterocycles. The molecule has 1 N–H and O–H groups in total. The number of ether oxygens (including phenoxy) is 1. The maximum absolute atomic E-state index is 14.2. The Morgan fingerprint density at radius 3 is 2.46 bits per heavy atom. The lowest BCUT2D eigenvalue weighted by Crippen LogP contribution is -2.43. The largest absolute Gasteiger partial charge is 0.467 e. The van der Waals surface area contributed by atoms with E-state index in [1.807, 2.05) is 0 Å². The van der Waals surface area contributed by atoms with Crippen molar-refractivity contribution in [3.63, 3.8) is 0 Å². The van der Waals surface area contributed by atoms with Gasteiger partial charge in [-0.1, -0.05) is 29.8 Å². The quantitative estimate of drug-likeness (QED) is 0.745. The van der Waals surface area contributed by atoms with Crippen molar-refractivity contribution in [3.05, 3.63) is 69.7 Å². The van der Waals surface area contributed by atoms with Gasteiger partial charge in [0.15, 0.2) is 6.04 Å². The van der Waals surface area contributed by atoms with Crippen molar-refractivity contribution in [1.29, 1.82) is 0 Å². The van der Waals surface area contributed by atoms with E-state index >= 15 is 0 Å². The molecule has 2 aromatic rings. The molecule has 2 aromatic carbocycles. The third-order valence-corrected chi connectivity index (χ3v) is 5.45. The molecule has 1 saturated carbocycles. The van der Waals surface area contributed by atoms with Gasteiger partial charge >= 0.3 is 5.97 Å². The molecule has 1 amide bonds. The first-order valence-electron chi connectivity index (χ1n) is 8.91. The van der Waals surface area contributed by atoms with Crippen LogP contribution in [0.3, 0.4) is 0 Å². The summed E-state index contributed by atoms with van der Waals surface area (Å²) in [5, 5.41) is 2.97. The van der Waals surface area contributed by atoms with Crippen LogP contribution in [-0.4, -0.2) is 19.0 Å². The predicted molar refractivity (Wildman–Crippen MR) is 101 cm³/mol. The number of esters is 1. The molecule has 1 fully saturated rings. The summed E-state index contributed by atoms with van der Waals surface area (Å²) in [6.07, 6.45) is 1.24. The second-order valence-corrected chi connectivity index (χ2v) is 7.37. The number of carbonyl (C=O) groups excluding carboxylic acids is 2. The Balaban J connectivity index is 1.80. The smallest absolute Gasteiger partial charge is 0.333 e. The molecule has 0 aromatic heterocycles. The Labute approximate surface area is 166 Å². The van der Waals surface area contributed by atoms with E-state index in [0.717, 1.165) is 0 Å². The van der Waals surface area contributed by atoms with E-state index in [0.29, 0.717) is 34.6 Å². The minimum Gasteiger partial charge on any atom is -0.467 e. The molecule has 28 heavy (non-hydrogen) atoms. The van der Waals surface area contributed by atoms with Gasteiger partial charge in [0.05, 0.1) is 7.11 Å². The van der Waals surface area contributed by atoms with E-state index < -0.39 is 29.6 Å². The Bertz CT molecular complexity index is 919. The van der Waals surface area contributed by atoms with Crippen LogP contribution in [0, 0.1) is 24.5 Å². The Morgan fingerprint density at radius 1 is 1.14 bits per heavy atom. The number of methoxy groups -OCH3 is 1. The first kappa shape index (κ1) is 20.3. The summed E-state index contributed by atoms with van der Waals surface area (Å²) in [4.78, 5) is 25.0. The monoisotopic (exact) mass is 407 g/mol. The fraction of sp³-hybridized carbons (Fsp3) is 0.333. The summed E-state index contributed by atoms with van der Waals surface area (Å²) in [6, 6.07) is 7.50. The molecule has 3 atom stereocenters. The van der Waals surface area contributed by atoms with Crippen molar-refractivity contribution < 1.29 is 23.1 Å². The molecule has 0 bridgehead atoms. The normalized spacial score (nSPS) is 19.5. The molecule has 3 rings (SSSR count). The number of hydrogen-bond acceptors (Lipinski definition) is 3. The van der Waals surface area contributed by atoms with Crippen molar-refractivity contribution >= 4 is 23.5 Å². The van der Waals surface area contributed by atoms with Gasteiger partial charge in [0.2, 0.25) is 5.91 Å². The van der Waals surface area contributed by atoms with Crippen LogP contribution in [0.1, 0.15) is 41.5 Å². The van der Waals surface area contributed by atoms with Crippen molar-refractivity contribution in [2.45, 2.75) is 31.7 Å². The maximum Gasteiger partial charge on any atom is 0.333 e. The maximum atomic E-state index is 14.2. The van der Waals surface area contributed by atoms with E-state index in [-0.39, 0.29) is 11.8 Å². The van der Waals surface area contributed by atoms with E-state index in [1.165, 1.54) is 31.4 Å². The number of halogens is 3. The van der Waals surface area contributed by atoms with Crippen LogP contribution >= 0.6 is 11.6 Å². The molecule has 7 heteroatoms. The molecule has 148 valence electrons. The Hall–Kier alpha value is -2.47. The van der Waals surface area contributed by atoms with Crippen LogP contribution in [0.2, 0.25) is 5.02 Å². The fourth-order valence-electron chi connectivity index (χ4n) is 3.48. The van der Waals surface area contributed by atoms with Gasteiger partial charge in [0.25, 0.3) is 0 Å². The zero-order chi connectivity index (χ0) is 20.4. The zero-order valence-electron chi connectivity index (χ0n) is 15.5. The average Bonchev–Trinajstić information content (AvgIpc) is 2.62. The standard InChI is InChI=1S/C21H20ClF2NO3/c1-11-9-12(3-8-17(11)23)19(21(27)28-2)25-20(26)16-7-6-14(16)15-5-4-13(22)10-18(15)24/h3-5,8-10,14,16,19H,6-7H2,1-2H3,(H,25,26). The predicted octanol–water partition coefficient (Wildman–Crippen LogP) is 4.45. The highest BCUT2D eigenvalue weighted by Gasteiger charge is 2.40. The first-order valence-corrected chi connectivity index (χ1v) is 9.28. The van der Waals surface area contributed by atoms with Crippen molar-refractivity contribution in [2.24, 2.45) is 5.92 Å². The highest BCUT2D eigenvalue weighted by atomic mass is 35.5. The van der Waals surface area contributed by atoms with E-state index in [9.17, 15) is 18.4 Å². The fourth-order valence-corrected chi connectivity index (χ4v) is 3.64. The van der Waals surface area contributed by atoms with Gasteiger partial charge in [-0.3, -0.25) is 4.79 Å². The number of aryl methyl sites for hydroxylation is 1. The van der Waals surface area contributed by atoms with Crippen LogP contribution in [0.4, 0.5) is 8.78 Å². The SMILES string of the molecule is COC(=O)C(NC(=O)C1CCC1c1ccc(Cl)cc1F)c1ccc(F)c(C)c1. The summed E-state index contributed by atoms with van der Waals surface area (Å²) in [5.74, 6) is -2.64. The lowest BCUT2D eigenvalue weighted by atomic mass is 9.69. The number of amides is 1. The zero-order valence-corrected chi connectivity index (χ0v) is 16.2. The molecule has 4 nitrogen and oxygen atoms in total. The van der Waals surface area contributed by atoms with Gasteiger partial charge in [-0.05, 0) is 60.6 Å². The third kappa shape index (κ3) is 4.02. The van der Waals surface area contributed by atoms with E-state index in [2.05, 4.69) is 5.32 Å². The summed E-state index contributed by atoms with van der Waals surface area (Å²) in [5.41, 5.74) is 1.21. The number of hydrogen-bond donors (Lipinski definition) is 1. The number of benzene rings is 2. The van der Waals surface area contributed by atoms with Crippen molar-refractivity contribution in [2.75, 3.05) is 7.11 Å². The van der Waals surface area contributed by atoms with Gasteiger partial charge in [0, 0.05) is 10.9 Å². The molecule has 3 unspecified atom stereocenters. The molecule has 1 aliphatic rings. The molecule has 0 aliphatic heterocycles. The van der Waals surface area contributed by atoms with Crippen LogP contribution in [0.15, 0.2) is 36.4 Å². The number of carbonyl (C=O) groups is 2. The van der Waals surface area contributed by atoms with Crippen molar-refractivity contribution in [3.8, 4) is 0 Å². The Morgan fingerprint density at radius 2 is 1.89 bits per heavy atom. The molecule has 0 radical (unpaired) electrons. The summed E-state index contributed by atoms with van der Waals surface area (Å²) in [6.45, 7) is 1.57. The topological polar surface area (TPSA) is 55.4 Å². The molecule has 1 aliphatic carbocycles. The van der Waals surface area contributed by atoms with Gasteiger partial charge < -0.3 is 10.1 Å². The molecular weight excluding hydrogens is 388 g/mol. The Kier molecular flexibility index (Phi) is 5.98. The first-order chi connectivity index (χ1) is 13.3. The van der Waals surface area contributed by atoms with Crippen LogP contribution in [-0.2, 0) is 14.3 Å². The van der Waals surface area contributed by atoms with Crippen LogP contribution < -0.4 is 5.32 Å². The van der Waals surface area contributed by atoms with Crippen LogP contribution in [0.25, 0.3) is 0 Å². The lowest BCUT2D eigenvalue weighted by Gasteiger charge is -2.36. The van der Waals surface area contributed by atoms with E-state index in [1.54, 1.807) is 19.1 Å². The summed E-state index contributed by atoms with van der Waals surface area (Å²) in [7, 11) is 1.22. The molecular formula is C21H20ClF2NO3. The molecule has 0 heterocycles. The minimum absolute atomic E-state index is 0.287. The second kappa shape index (κ2) is 8.27. The van der Waals surface area contributed by atoms with Gasteiger partial charge in [-0.15, -0.1) is 0 Å². The van der Waals surface area contributed by atoms with Gasteiger partial charge in [0.1, 0.15) is 11.6 Å². The van der Waals surface area contributed by atoms with Gasteiger partial charge in [-0.25, -0.2) is 13.6 Å². The summed E-state index contributed by atoms with van der Waals surface area (Å²) >= 11 is 5.80. The highest BCUT2D eigenvalue weighted by molar-refractivity contribution is 6.30. The van der Waals surface area contributed by atoms with E-state index in [4.69, 9.17) is 16.3 Å². The molecule has 0 spiro atoms. The third-order valence-electron chi connectivity index (χ3n) is 5.21. The second-order valence-electron chi connectivity index (χ2n) is 6.93. The highest BCUT2D eigenvalue weighted by Crippen LogP contribution is 2.44. The summed E-state index contributed by atoms with van der Waals surface area (Å²) < 4.78 is 32.6. The van der Waals surface area contributed by atoms with Crippen LogP contribution in [0.5, 0.6) is 0 Å². The van der Waals surface area contributed by atoms with Crippen molar-refractivity contribution in [1.82, 2.24) is 5.32 Å². The minimum atomic E-state index is -1.06.